The van der Waals surface area contributed by atoms with Crippen molar-refractivity contribution in [2.24, 2.45) is 0 Å². The zero-order valence-corrected chi connectivity index (χ0v) is 8.94. The highest BCUT2D eigenvalue weighted by Crippen LogP contribution is 2.30. The third kappa shape index (κ3) is 2.26. The summed E-state index contributed by atoms with van der Waals surface area (Å²) >= 11 is 7.08. The molecule has 1 fully saturated rings. The Kier molecular flexibility index (Phi) is 2.76. The average molecular weight is 232 g/mol. The van der Waals surface area contributed by atoms with E-state index in [1.165, 1.54) is 11.3 Å². The minimum atomic E-state index is -0.838. The van der Waals surface area contributed by atoms with Gasteiger partial charge in [-0.2, -0.15) is 0 Å². The number of thiophene rings is 1. The van der Waals surface area contributed by atoms with Gasteiger partial charge in [0.2, 0.25) is 0 Å². The van der Waals surface area contributed by atoms with Crippen molar-refractivity contribution in [2.45, 2.75) is 24.9 Å². The van der Waals surface area contributed by atoms with Gasteiger partial charge in [-0.05, 0) is 25.0 Å². The molecule has 0 bridgehead atoms. The number of carboxylic acids is 1. The fourth-order valence-corrected chi connectivity index (χ4v) is 2.36. The van der Waals surface area contributed by atoms with Crippen molar-refractivity contribution in [3.63, 3.8) is 0 Å². The van der Waals surface area contributed by atoms with Gasteiger partial charge in [0.25, 0.3) is 0 Å². The summed E-state index contributed by atoms with van der Waals surface area (Å²) in [6.45, 7) is 0. The van der Waals surface area contributed by atoms with E-state index >= 15 is 0 Å². The van der Waals surface area contributed by atoms with E-state index in [0.29, 0.717) is 10.4 Å². The van der Waals surface area contributed by atoms with Crippen molar-refractivity contribution in [2.75, 3.05) is 0 Å². The van der Waals surface area contributed by atoms with Crippen LogP contribution in [0.2, 0.25) is 4.34 Å². The summed E-state index contributed by atoms with van der Waals surface area (Å²) in [7, 11) is 0. The molecule has 0 amide bonds. The van der Waals surface area contributed by atoms with Gasteiger partial charge in [0.1, 0.15) is 6.04 Å². The fraction of sp³-hybridized carbons (Fsp3) is 0.444. The Morgan fingerprint density at radius 1 is 1.64 bits per heavy atom. The monoisotopic (exact) mass is 231 g/mol. The lowest BCUT2D eigenvalue weighted by molar-refractivity contribution is -0.139. The predicted octanol–water partition coefficient (Wildman–Crippen LogP) is 2.28. The molecule has 3 nitrogen and oxygen atoms in total. The molecule has 2 rings (SSSR count). The summed E-state index contributed by atoms with van der Waals surface area (Å²) < 4.78 is 0.629. The summed E-state index contributed by atoms with van der Waals surface area (Å²) in [5, 5.41) is 12.1. The zero-order valence-electron chi connectivity index (χ0n) is 7.37. The minimum Gasteiger partial charge on any atom is -0.480 e. The minimum absolute atomic E-state index is 0.372. The first kappa shape index (κ1) is 9.96. The van der Waals surface area contributed by atoms with E-state index < -0.39 is 12.0 Å². The highest BCUT2D eigenvalue weighted by molar-refractivity contribution is 7.16. The van der Waals surface area contributed by atoms with E-state index in [2.05, 4.69) is 5.32 Å². The van der Waals surface area contributed by atoms with Crippen molar-refractivity contribution in [1.82, 2.24) is 5.32 Å². The highest BCUT2D eigenvalue weighted by atomic mass is 35.5. The van der Waals surface area contributed by atoms with Gasteiger partial charge in [0.05, 0.1) is 4.34 Å². The van der Waals surface area contributed by atoms with E-state index in [-0.39, 0.29) is 0 Å². The van der Waals surface area contributed by atoms with Gasteiger partial charge in [-0.1, -0.05) is 11.6 Å². The van der Waals surface area contributed by atoms with Gasteiger partial charge in [0.15, 0.2) is 0 Å². The zero-order chi connectivity index (χ0) is 10.1. The summed E-state index contributed by atoms with van der Waals surface area (Å²) in [6.07, 6.45) is 2.14. The molecule has 1 heterocycles. The largest absolute Gasteiger partial charge is 0.480 e. The second kappa shape index (κ2) is 3.88. The number of rotatable bonds is 4. The van der Waals surface area contributed by atoms with E-state index in [4.69, 9.17) is 16.7 Å². The van der Waals surface area contributed by atoms with Gasteiger partial charge in [-0.15, -0.1) is 11.3 Å². The van der Waals surface area contributed by atoms with Crippen molar-refractivity contribution in [3.8, 4) is 0 Å². The maximum atomic E-state index is 11.0. The predicted molar refractivity (Wildman–Crippen MR) is 55.9 cm³/mol. The number of halogens is 1. The van der Waals surface area contributed by atoms with Crippen LogP contribution in [0.4, 0.5) is 0 Å². The molecule has 1 aliphatic carbocycles. The molecular formula is C9H10ClNO2S. The standard InChI is InChI=1S/C9H10ClNO2S/c10-7-4-3-6(14-7)8(9(12)13)11-5-1-2-5/h3-5,8,11H,1-2H2,(H,12,13). The Morgan fingerprint density at radius 3 is 2.79 bits per heavy atom. The van der Waals surface area contributed by atoms with Gasteiger partial charge in [-0.25, -0.2) is 0 Å². The number of carbonyl (C=O) groups is 1. The first-order valence-electron chi connectivity index (χ1n) is 4.41. The molecule has 1 aliphatic rings. The summed E-state index contributed by atoms with van der Waals surface area (Å²) in [4.78, 5) is 11.7. The van der Waals surface area contributed by atoms with Crippen molar-refractivity contribution >= 4 is 28.9 Å². The Hall–Kier alpha value is -0.580. The maximum Gasteiger partial charge on any atom is 0.326 e. The smallest absolute Gasteiger partial charge is 0.326 e. The summed E-state index contributed by atoms with van der Waals surface area (Å²) in [5.74, 6) is -0.838. The number of nitrogens with one attached hydrogen (secondary N) is 1. The van der Waals surface area contributed by atoms with E-state index in [9.17, 15) is 4.79 Å². The Morgan fingerprint density at radius 2 is 2.36 bits per heavy atom. The van der Waals surface area contributed by atoms with Crippen LogP contribution in [0, 0.1) is 0 Å². The fourth-order valence-electron chi connectivity index (χ4n) is 1.24. The lowest BCUT2D eigenvalue weighted by Crippen LogP contribution is -2.29. The van der Waals surface area contributed by atoms with Gasteiger partial charge < -0.3 is 5.11 Å². The number of hydrogen-bond donors (Lipinski definition) is 2. The van der Waals surface area contributed by atoms with Crippen LogP contribution in [0.1, 0.15) is 23.8 Å². The number of carboxylic acid groups (broad SMARTS) is 1. The molecule has 14 heavy (non-hydrogen) atoms. The first-order valence-corrected chi connectivity index (χ1v) is 5.60. The van der Waals surface area contributed by atoms with Crippen LogP contribution in [0.15, 0.2) is 12.1 Å². The molecule has 1 aromatic heterocycles. The molecule has 0 aliphatic heterocycles. The molecule has 0 radical (unpaired) electrons. The highest BCUT2D eigenvalue weighted by Gasteiger charge is 2.29. The topological polar surface area (TPSA) is 49.3 Å². The second-order valence-electron chi connectivity index (χ2n) is 3.35. The normalized spacial score (nSPS) is 18.1. The van der Waals surface area contributed by atoms with Gasteiger partial charge >= 0.3 is 5.97 Å². The van der Waals surface area contributed by atoms with E-state index in [1.807, 2.05) is 0 Å². The molecular weight excluding hydrogens is 222 g/mol. The van der Waals surface area contributed by atoms with Crippen LogP contribution in [0.3, 0.4) is 0 Å². The SMILES string of the molecule is O=C(O)C(NC1CC1)c1ccc(Cl)s1. The summed E-state index contributed by atoms with van der Waals surface area (Å²) in [6, 6.07) is 3.27. The van der Waals surface area contributed by atoms with Crippen LogP contribution in [0.5, 0.6) is 0 Å². The van der Waals surface area contributed by atoms with Crippen LogP contribution in [-0.4, -0.2) is 17.1 Å². The van der Waals surface area contributed by atoms with Crippen LogP contribution in [0.25, 0.3) is 0 Å². The van der Waals surface area contributed by atoms with Crippen molar-refractivity contribution in [3.05, 3.63) is 21.3 Å². The molecule has 0 spiro atoms. The molecule has 1 saturated carbocycles. The lowest BCUT2D eigenvalue weighted by atomic mass is 10.2. The number of hydrogen-bond acceptors (Lipinski definition) is 3. The molecule has 2 N–H and O–H groups in total. The maximum absolute atomic E-state index is 11.0. The molecule has 1 unspecified atom stereocenters. The van der Waals surface area contributed by atoms with Crippen LogP contribution in [-0.2, 0) is 4.79 Å². The lowest BCUT2D eigenvalue weighted by Gasteiger charge is -2.11. The second-order valence-corrected chi connectivity index (χ2v) is 5.10. The van der Waals surface area contributed by atoms with Crippen LogP contribution >= 0.6 is 22.9 Å². The molecule has 5 heteroatoms. The third-order valence-corrected chi connectivity index (χ3v) is 3.40. The number of aliphatic carboxylic acids is 1. The molecule has 1 aromatic rings. The molecule has 76 valence electrons. The van der Waals surface area contributed by atoms with Gasteiger partial charge in [-0.3, -0.25) is 10.1 Å². The van der Waals surface area contributed by atoms with Crippen LogP contribution < -0.4 is 5.32 Å². The average Bonchev–Trinajstić information content (AvgIpc) is 2.84. The Balaban J connectivity index is 2.12. The molecule has 0 aromatic carbocycles. The molecule has 1 atom stereocenters. The van der Waals surface area contributed by atoms with Crippen molar-refractivity contribution in [1.29, 1.82) is 0 Å². The van der Waals surface area contributed by atoms with E-state index in [1.54, 1.807) is 12.1 Å². The third-order valence-electron chi connectivity index (χ3n) is 2.11. The van der Waals surface area contributed by atoms with E-state index in [0.717, 1.165) is 17.7 Å². The van der Waals surface area contributed by atoms with Crippen molar-refractivity contribution < 1.29 is 9.90 Å². The summed E-state index contributed by atoms with van der Waals surface area (Å²) in [5.41, 5.74) is 0. The Bertz CT molecular complexity index is 348. The molecule has 0 saturated heterocycles. The quantitative estimate of drug-likeness (QED) is 0.836. The van der Waals surface area contributed by atoms with Gasteiger partial charge in [0, 0.05) is 10.9 Å². The Labute approximate surface area is 90.7 Å². The first-order chi connectivity index (χ1) is 6.66.